The number of benzene rings is 4. The van der Waals surface area contributed by atoms with E-state index in [0.29, 0.717) is 17.7 Å². The maximum absolute atomic E-state index is 11.4. The van der Waals surface area contributed by atoms with Gasteiger partial charge in [-0.1, -0.05) is 97.1 Å². The predicted octanol–water partition coefficient (Wildman–Crippen LogP) is 7.32. The van der Waals surface area contributed by atoms with Crippen LogP contribution in [0.3, 0.4) is 0 Å². The van der Waals surface area contributed by atoms with Crippen LogP contribution in [0.4, 0.5) is 0 Å². The van der Waals surface area contributed by atoms with Gasteiger partial charge in [0.15, 0.2) is 0 Å². The summed E-state index contributed by atoms with van der Waals surface area (Å²) in [6, 6.07) is 32.5. The van der Waals surface area contributed by atoms with Crippen LogP contribution in [-0.4, -0.2) is 9.07 Å². The fourth-order valence-corrected chi connectivity index (χ4v) is 5.40. The first kappa shape index (κ1) is 19.9. The van der Waals surface area contributed by atoms with E-state index >= 15 is 0 Å². The van der Waals surface area contributed by atoms with E-state index in [2.05, 4.69) is 103 Å². The van der Waals surface area contributed by atoms with Crippen molar-refractivity contribution in [3.05, 3.63) is 126 Å². The molecule has 2 aliphatic carbocycles. The van der Waals surface area contributed by atoms with E-state index in [-0.39, 0.29) is 0 Å². The van der Waals surface area contributed by atoms with Crippen LogP contribution in [0, 0.1) is 0 Å². The predicted molar refractivity (Wildman–Crippen MR) is 140 cm³/mol. The van der Waals surface area contributed by atoms with Gasteiger partial charge in [-0.05, 0) is 74.2 Å². The van der Waals surface area contributed by atoms with Crippen molar-refractivity contribution < 1.29 is 4.21 Å². The Morgan fingerprint density at radius 3 is 2.03 bits per heavy atom. The van der Waals surface area contributed by atoms with Crippen LogP contribution in [0.1, 0.15) is 23.1 Å². The van der Waals surface area contributed by atoms with Gasteiger partial charge in [-0.2, -0.15) is 0 Å². The maximum Gasteiger partial charge on any atom is 0.0923 e. The highest BCUT2D eigenvalue weighted by atomic mass is 32.1. The molecule has 0 aromatic heterocycles. The number of hydrogen-bond donors (Lipinski definition) is 0. The van der Waals surface area contributed by atoms with E-state index in [1.807, 2.05) is 6.08 Å². The van der Waals surface area contributed by atoms with Gasteiger partial charge in [-0.3, -0.25) is 0 Å². The summed E-state index contributed by atoms with van der Waals surface area (Å²) in [6.07, 6.45) is 7.95. The molecule has 1 nitrogen and oxygen atoms in total. The Morgan fingerprint density at radius 1 is 0.636 bits per heavy atom. The smallest absolute Gasteiger partial charge is 0.0923 e. The van der Waals surface area contributed by atoms with Gasteiger partial charge in [0.1, 0.15) is 0 Å². The first-order valence-corrected chi connectivity index (χ1v) is 12.0. The molecule has 0 spiro atoms. The maximum atomic E-state index is 11.4. The summed E-state index contributed by atoms with van der Waals surface area (Å²) in [7, 11) is 0. The summed E-state index contributed by atoms with van der Waals surface area (Å²) in [5.41, 5.74) is 12.8. The number of hydrogen-bond acceptors (Lipinski definition) is 1. The Labute approximate surface area is 197 Å². The quantitative estimate of drug-likeness (QED) is 0.268. The van der Waals surface area contributed by atoms with Gasteiger partial charge in [0.05, 0.1) is 11.3 Å². The normalized spacial score (nSPS) is 13.9. The summed E-state index contributed by atoms with van der Waals surface area (Å²) in [5, 5.41) is 0. The van der Waals surface area contributed by atoms with Gasteiger partial charge in [0.2, 0.25) is 0 Å². The van der Waals surface area contributed by atoms with Crippen molar-refractivity contribution in [2.45, 2.75) is 12.8 Å². The molecule has 0 aliphatic heterocycles. The summed E-state index contributed by atoms with van der Waals surface area (Å²) >= 11 is 0.594. The molecule has 0 fully saturated rings. The fraction of sp³-hybridized carbons (Fsp3) is 0.0645. The first-order chi connectivity index (χ1) is 16.3. The highest BCUT2D eigenvalue weighted by Gasteiger charge is 2.28. The lowest BCUT2D eigenvalue weighted by Gasteiger charge is -2.22. The van der Waals surface area contributed by atoms with Crippen LogP contribution in [0.15, 0.2) is 109 Å². The van der Waals surface area contributed by atoms with Crippen LogP contribution in [0.2, 0.25) is 0 Å². The molecule has 0 heterocycles. The zero-order chi connectivity index (χ0) is 22.2. The number of allylic oxidation sites excluding steroid dienone is 4. The van der Waals surface area contributed by atoms with Gasteiger partial charge in [-0.15, -0.1) is 0 Å². The fourth-order valence-electron chi connectivity index (χ4n) is 5.12. The molecule has 0 unspecified atom stereocenters. The van der Waals surface area contributed by atoms with Crippen LogP contribution >= 0.6 is 0 Å². The Kier molecular flexibility index (Phi) is 5.01. The van der Waals surface area contributed by atoms with Crippen molar-refractivity contribution >= 4 is 21.7 Å². The van der Waals surface area contributed by atoms with E-state index in [0.717, 1.165) is 11.3 Å². The molecule has 0 bridgehead atoms. The minimum Gasteiger partial charge on any atom is -0.212 e. The average Bonchev–Trinajstić information content (AvgIpc) is 3.27. The zero-order valence-electron chi connectivity index (χ0n) is 18.1. The molecule has 0 radical (unpaired) electrons. The van der Waals surface area contributed by atoms with E-state index in [1.165, 1.54) is 55.6 Å². The Balaban J connectivity index is 1.72. The van der Waals surface area contributed by atoms with Gasteiger partial charge in [0.25, 0.3) is 0 Å². The van der Waals surface area contributed by atoms with Gasteiger partial charge < -0.3 is 0 Å². The lowest BCUT2D eigenvalue weighted by molar-refractivity contribution is 0.701. The van der Waals surface area contributed by atoms with Crippen LogP contribution in [0.5, 0.6) is 0 Å². The molecule has 6 rings (SSSR count). The molecule has 4 aromatic carbocycles. The highest BCUT2D eigenvalue weighted by molar-refractivity contribution is 7.66. The van der Waals surface area contributed by atoms with Crippen LogP contribution in [-0.2, 0) is 17.7 Å². The monoisotopic (exact) mass is 442 g/mol. The van der Waals surface area contributed by atoms with Crippen molar-refractivity contribution in [3.8, 4) is 33.4 Å². The van der Waals surface area contributed by atoms with Crippen LogP contribution in [0.25, 0.3) is 39.0 Å². The third-order valence-corrected chi connectivity index (χ3v) is 7.14. The molecule has 158 valence electrons. The highest BCUT2D eigenvalue weighted by Crippen LogP contribution is 2.49. The molecule has 0 saturated carbocycles. The number of fused-ring (bicyclic) bond motifs is 3. The van der Waals surface area contributed by atoms with E-state index < -0.39 is 0 Å². The Hall–Kier alpha value is -3.75. The summed E-state index contributed by atoms with van der Waals surface area (Å²) < 4.78 is 11.4. The van der Waals surface area contributed by atoms with Crippen molar-refractivity contribution in [2.75, 3.05) is 0 Å². The molecule has 4 aromatic rings. The summed E-state index contributed by atoms with van der Waals surface area (Å²) in [5.74, 6) is 0. The van der Waals surface area contributed by atoms with Gasteiger partial charge in [0, 0.05) is 11.3 Å². The minimum absolute atomic E-state index is 0.594. The van der Waals surface area contributed by atoms with E-state index in [4.69, 9.17) is 0 Å². The second-order valence-corrected chi connectivity index (χ2v) is 9.20. The lowest BCUT2D eigenvalue weighted by Crippen LogP contribution is -2.03. The molecule has 0 N–H and O–H groups in total. The second-order valence-electron chi connectivity index (χ2n) is 8.51. The molecule has 0 saturated heterocycles. The second kappa shape index (κ2) is 8.31. The van der Waals surface area contributed by atoms with Gasteiger partial charge in [-0.25, -0.2) is 4.21 Å². The largest absolute Gasteiger partial charge is 0.212 e. The first-order valence-electron chi connectivity index (χ1n) is 11.3. The van der Waals surface area contributed by atoms with Crippen LogP contribution < -0.4 is 0 Å². The molecule has 0 atom stereocenters. The third-order valence-electron chi connectivity index (χ3n) is 6.62. The molecular weight excluding hydrogens is 420 g/mol. The van der Waals surface area contributed by atoms with Crippen molar-refractivity contribution in [3.63, 3.8) is 0 Å². The number of rotatable bonds is 3. The van der Waals surface area contributed by atoms with E-state index in [1.54, 1.807) is 0 Å². The summed E-state index contributed by atoms with van der Waals surface area (Å²) in [4.78, 5) is 0.860. The minimum atomic E-state index is 0.594. The lowest BCUT2D eigenvalue weighted by atomic mass is 9.81. The third kappa shape index (κ3) is 3.44. The molecule has 2 aliphatic rings. The summed E-state index contributed by atoms with van der Waals surface area (Å²) in [6.45, 7) is 0. The Morgan fingerprint density at radius 2 is 1.33 bits per heavy atom. The van der Waals surface area contributed by atoms with E-state index in [9.17, 15) is 4.21 Å². The Bertz CT molecular complexity index is 1490. The van der Waals surface area contributed by atoms with Gasteiger partial charge >= 0.3 is 0 Å². The topological polar surface area (TPSA) is 17.1 Å². The SMILES string of the molecule is O=S=C1C=CC(c2c3c(cc(-c4ccccc4)c2-c2ccccc2)-c2ccccc2C3)=CC1. The van der Waals surface area contributed by atoms with Crippen molar-refractivity contribution in [2.24, 2.45) is 0 Å². The molecule has 0 amide bonds. The standard InChI is InChI=1S/C31H22OS/c32-33-25-17-15-23(16-18-25)31-29-19-24-13-7-8-14-26(24)28(29)20-27(21-9-3-1-4-10-21)30(31)22-11-5-2-6-12-22/h1-17,20H,18-19H2. The van der Waals surface area contributed by atoms with Crippen molar-refractivity contribution in [1.29, 1.82) is 0 Å². The average molecular weight is 443 g/mol. The van der Waals surface area contributed by atoms with Crippen molar-refractivity contribution in [1.82, 2.24) is 0 Å². The molecular formula is C31H22OS. The zero-order valence-corrected chi connectivity index (χ0v) is 18.9. The molecule has 33 heavy (non-hydrogen) atoms. The molecule has 2 heteroatoms.